The van der Waals surface area contributed by atoms with Crippen LogP contribution >= 0.6 is 0 Å². The molecule has 0 saturated carbocycles. The predicted octanol–water partition coefficient (Wildman–Crippen LogP) is 2.56. The van der Waals surface area contributed by atoms with E-state index >= 15 is 0 Å². The van der Waals surface area contributed by atoms with Gasteiger partial charge in [-0.2, -0.15) is 0 Å². The number of phenolic OH excluding ortho intramolecular Hbond substituents is 3. The monoisotopic (exact) mass is 472 g/mol. The highest BCUT2D eigenvalue weighted by atomic mass is 16.6. The van der Waals surface area contributed by atoms with Crippen LogP contribution < -0.4 is 4.74 Å². The second kappa shape index (κ2) is 12.5. The second-order valence-corrected chi connectivity index (χ2v) is 6.84. The first-order valence-corrected chi connectivity index (χ1v) is 9.93. The maximum atomic E-state index is 12.0. The summed E-state index contributed by atoms with van der Waals surface area (Å²) in [6, 6.07) is 8.48. The van der Waals surface area contributed by atoms with Crippen molar-refractivity contribution in [2.45, 2.75) is 13.0 Å². The van der Waals surface area contributed by atoms with E-state index in [1.165, 1.54) is 49.6 Å². The minimum absolute atomic E-state index is 0.0444. The number of carbonyl (C=O) groups is 3. The third kappa shape index (κ3) is 8.58. The molecule has 0 aromatic heterocycles. The lowest BCUT2D eigenvalue weighted by atomic mass is 10.2. The van der Waals surface area contributed by atoms with Crippen LogP contribution in [0.3, 0.4) is 0 Å². The van der Waals surface area contributed by atoms with Crippen LogP contribution in [0, 0.1) is 0 Å². The number of hydrogen-bond acceptors (Lipinski definition) is 10. The van der Waals surface area contributed by atoms with E-state index in [-0.39, 0.29) is 36.2 Å². The van der Waals surface area contributed by atoms with Crippen LogP contribution in [0.5, 0.6) is 23.0 Å². The fraction of sp³-hybridized carbons (Fsp3) is 0.208. The minimum Gasteiger partial charge on any atom is -0.504 e. The van der Waals surface area contributed by atoms with Crippen LogP contribution in [-0.2, 0) is 28.6 Å². The summed E-state index contributed by atoms with van der Waals surface area (Å²) in [7, 11) is 1.40. The second-order valence-electron chi connectivity index (χ2n) is 6.84. The molecule has 180 valence electrons. The molecule has 10 heteroatoms. The molecule has 2 aromatic carbocycles. The van der Waals surface area contributed by atoms with Crippen LogP contribution in [0.4, 0.5) is 0 Å². The molecule has 0 aliphatic rings. The molecule has 2 aromatic rings. The molecule has 0 aliphatic carbocycles. The number of methoxy groups -OCH3 is 1. The topological polar surface area (TPSA) is 149 Å². The van der Waals surface area contributed by atoms with Gasteiger partial charge in [-0.1, -0.05) is 12.1 Å². The van der Waals surface area contributed by atoms with Gasteiger partial charge in [0.15, 0.2) is 29.1 Å². The maximum Gasteiger partial charge on any atom is 0.330 e. The summed E-state index contributed by atoms with van der Waals surface area (Å²) in [5.41, 5.74) is 1.02. The Kier molecular flexibility index (Phi) is 9.51. The third-order valence-corrected chi connectivity index (χ3v) is 4.18. The number of benzene rings is 2. The molecule has 0 radical (unpaired) electrons. The molecule has 10 nitrogen and oxygen atoms in total. The van der Waals surface area contributed by atoms with Crippen molar-refractivity contribution in [1.29, 1.82) is 0 Å². The van der Waals surface area contributed by atoms with Gasteiger partial charge in [0.2, 0.25) is 0 Å². The summed E-state index contributed by atoms with van der Waals surface area (Å²) in [6.07, 6.45) is 3.98. The largest absolute Gasteiger partial charge is 0.504 e. The zero-order chi connectivity index (χ0) is 25.1. The Morgan fingerprint density at radius 2 is 1.35 bits per heavy atom. The van der Waals surface area contributed by atoms with Gasteiger partial charge in [-0.3, -0.25) is 4.79 Å². The standard InChI is InChI=1S/C24H24O10/c1-15(25)34-18(13-32-23(29)9-5-16-3-7-19(26)21(28)11-16)14-33-24(30)10-6-17-4-8-20(27)22(12-17)31-2/h3-12,18,26-28H,13-14H2,1-2H3/b9-5+,10-6+. The number of esters is 3. The Balaban J connectivity index is 1.88. The number of ether oxygens (including phenoxy) is 4. The van der Waals surface area contributed by atoms with E-state index in [1.807, 2.05) is 0 Å². The molecule has 0 saturated heterocycles. The molecule has 1 unspecified atom stereocenters. The molecule has 1 atom stereocenters. The predicted molar refractivity (Wildman–Crippen MR) is 120 cm³/mol. The van der Waals surface area contributed by atoms with E-state index in [4.69, 9.17) is 18.9 Å². The first kappa shape index (κ1) is 25.8. The van der Waals surface area contributed by atoms with Crippen molar-refractivity contribution < 1.29 is 48.7 Å². The lowest BCUT2D eigenvalue weighted by molar-refractivity contribution is -0.162. The van der Waals surface area contributed by atoms with E-state index < -0.39 is 24.0 Å². The summed E-state index contributed by atoms with van der Waals surface area (Å²) >= 11 is 0. The Hall–Kier alpha value is -4.47. The highest BCUT2D eigenvalue weighted by Crippen LogP contribution is 2.27. The molecule has 2 rings (SSSR count). The number of aromatic hydroxyl groups is 3. The van der Waals surface area contributed by atoms with Gasteiger partial charge in [-0.25, -0.2) is 9.59 Å². The lowest BCUT2D eigenvalue weighted by Crippen LogP contribution is -2.29. The van der Waals surface area contributed by atoms with Crippen molar-refractivity contribution in [3.05, 3.63) is 59.7 Å². The highest BCUT2D eigenvalue weighted by molar-refractivity contribution is 5.88. The van der Waals surface area contributed by atoms with Gasteiger partial charge in [-0.05, 0) is 47.5 Å². The molecular weight excluding hydrogens is 448 g/mol. The zero-order valence-corrected chi connectivity index (χ0v) is 18.5. The van der Waals surface area contributed by atoms with Crippen LogP contribution in [0.2, 0.25) is 0 Å². The quantitative estimate of drug-likeness (QED) is 0.204. The van der Waals surface area contributed by atoms with E-state index in [0.29, 0.717) is 11.1 Å². The molecule has 0 spiro atoms. The lowest BCUT2D eigenvalue weighted by Gasteiger charge is -2.16. The summed E-state index contributed by atoms with van der Waals surface area (Å²) in [4.78, 5) is 35.2. The average molecular weight is 472 g/mol. The van der Waals surface area contributed by atoms with Crippen LogP contribution in [0.25, 0.3) is 12.2 Å². The van der Waals surface area contributed by atoms with Gasteiger partial charge in [0.1, 0.15) is 13.2 Å². The summed E-state index contributed by atoms with van der Waals surface area (Å²) in [6.45, 7) is 0.437. The first-order chi connectivity index (χ1) is 16.2. The van der Waals surface area contributed by atoms with Crippen molar-refractivity contribution in [3.8, 4) is 23.0 Å². The van der Waals surface area contributed by atoms with Gasteiger partial charge in [0.05, 0.1) is 7.11 Å². The van der Waals surface area contributed by atoms with E-state index in [2.05, 4.69) is 0 Å². The number of carbonyl (C=O) groups excluding carboxylic acids is 3. The first-order valence-electron chi connectivity index (χ1n) is 9.93. The maximum absolute atomic E-state index is 12.0. The molecule has 0 heterocycles. The molecule has 0 fully saturated rings. The number of phenols is 3. The third-order valence-electron chi connectivity index (χ3n) is 4.18. The fourth-order valence-electron chi connectivity index (χ4n) is 2.57. The van der Waals surface area contributed by atoms with Crippen molar-refractivity contribution in [1.82, 2.24) is 0 Å². The molecule has 34 heavy (non-hydrogen) atoms. The molecular formula is C24H24O10. The van der Waals surface area contributed by atoms with Gasteiger partial charge >= 0.3 is 17.9 Å². The van der Waals surface area contributed by atoms with Crippen LogP contribution in [0.1, 0.15) is 18.1 Å². The Morgan fingerprint density at radius 3 is 1.85 bits per heavy atom. The van der Waals surface area contributed by atoms with Gasteiger partial charge < -0.3 is 34.3 Å². The molecule has 3 N–H and O–H groups in total. The Morgan fingerprint density at radius 1 is 0.824 bits per heavy atom. The Bertz CT molecular complexity index is 1090. The minimum atomic E-state index is -1.03. The summed E-state index contributed by atoms with van der Waals surface area (Å²) < 4.78 is 20.1. The van der Waals surface area contributed by atoms with E-state index in [1.54, 1.807) is 6.07 Å². The van der Waals surface area contributed by atoms with Crippen molar-refractivity contribution in [2.75, 3.05) is 20.3 Å². The summed E-state index contributed by atoms with van der Waals surface area (Å²) in [5, 5.41) is 28.3. The van der Waals surface area contributed by atoms with E-state index in [9.17, 15) is 29.7 Å². The van der Waals surface area contributed by atoms with Crippen molar-refractivity contribution >= 4 is 30.1 Å². The highest BCUT2D eigenvalue weighted by Gasteiger charge is 2.16. The number of hydrogen-bond donors (Lipinski definition) is 3. The van der Waals surface area contributed by atoms with Crippen LogP contribution in [0.15, 0.2) is 48.6 Å². The SMILES string of the molecule is COc1cc(/C=C/C(=O)OCC(COC(=O)/C=C/c2ccc(O)c(O)c2)OC(C)=O)ccc1O. The summed E-state index contributed by atoms with van der Waals surface area (Å²) in [5.74, 6) is -2.60. The van der Waals surface area contributed by atoms with Crippen LogP contribution in [-0.4, -0.2) is 59.7 Å². The molecule has 0 amide bonds. The molecule has 0 bridgehead atoms. The van der Waals surface area contributed by atoms with Crippen molar-refractivity contribution in [3.63, 3.8) is 0 Å². The van der Waals surface area contributed by atoms with Gasteiger partial charge in [0.25, 0.3) is 0 Å². The fourth-order valence-corrected chi connectivity index (χ4v) is 2.57. The average Bonchev–Trinajstić information content (AvgIpc) is 2.80. The zero-order valence-electron chi connectivity index (χ0n) is 18.5. The smallest absolute Gasteiger partial charge is 0.330 e. The normalized spacial score (nSPS) is 11.8. The van der Waals surface area contributed by atoms with Gasteiger partial charge in [-0.15, -0.1) is 0 Å². The Labute approximate surface area is 195 Å². The van der Waals surface area contributed by atoms with E-state index in [0.717, 1.165) is 19.1 Å². The molecule has 0 aliphatic heterocycles. The van der Waals surface area contributed by atoms with Gasteiger partial charge in [0, 0.05) is 19.1 Å². The number of rotatable bonds is 10. The van der Waals surface area contributed by atoms with Crippen molar-refractivity contribution in [2.24, 2.45) is 0 Å².